The summed E-state index contributed by atoms with van der Waals surface area (Å²) < 4.78 is 17.0. The number of fused-ring (bicyclic) bond motifs is 1. The van der Waals surface area contributed by atoms with Crippen LogP contribution in [0, 0.1) is 13.8 Å². The van der Waals surface area contributed by atoms with E-state index in [2.05, 4.69) is 10.6 Å². The molecule has 1 aliphatic heterocycles. The molecule has 1 atom stereocenters. The minimum atomic E-state index is -0.312. The Labute approximate surface area is 147 Å². The summed E-state index contributed by atoms with van der Waals surface area (Å²) in [5.41, 5.74) is 2.22. The number of ether oxygens (including phenoxy) is 3. The number of hydrogen-bond donors (Lipinski definition) is 2. The number of rotatable bonds is 5. The Morgan fingerprint density at radius 3 is 2.76 bits per heavy atom. The molecule has 0 aliphatic carbocycles. The van der Waals surface area contributed by atoms with Crippen molar-refractivity contribution in [3.8, 4) is 17.2 Å². The van der Waals surface area contributed by atoms with E-state index in [1.165, 1.54) is 0 Å². The van der Waals surface area contributed by atoms with Gasteiger partial charge in [0, 0.05) is 0 Å². The summed E-state index contributed by atoms with van der Waals surface area (Å²) >= 11 is 0. The van der Waals surface area contributed by atoms with Crippen molar-refractivity contribution in [2.45, 2.75) is 20.0 Å². The smallest absolute Gasteiger partial charge is 0.317 e. The molecule has 2 amide bonds. The highest BCUT2D eigenvalue weighted by Gasteiger charge is 2.20. The highest BCUT2D eigenvalue weighted by atomic mass is 16.6. The zero-order valence-electron chi connectivity index (χ0n) is 14.4. The van der Waals surface area contributed by atoms with Gasteiger partial charge in [-0.05, 0) is 43.2 Å². The monoisotopic (exact) mass is 342 g/mol. The summed E-state index contributed by atoms with van der Waals surface area (Å²) in [5, 5.41) is 5.43. The van der Waals surface area contributed by atoms with Crippen molar-refractivity contribution in [3.05, 3.63) is 53.6 Å². The third-order valence-electron chi connectivity index (χ3n) is 4.07. The van der Waals surface area contributed by atoms with Crippen LogP contribution in [0.3, 0.4) is 0 Å². The predicted molar refractivity (Wildman–Crippen MR) is 94.3 cm³/mol. The van der Waals surface area contributed by atoms with Crippen LogP contribution in [0.1, 0.15) is 11.1 Å². The highest BCUT2D eigenvalue weighted by Crippen LogP contribution is 2.30. The normalized spacial score (nSPS) is 15.4. The van der Waals surface area contributed by atoms with Gasteiger partial charge >= 0.3 is 6.03 Å². The van der Waals surface area contributed by atoms with E-state index in [0.29, 0.717) is 18.9 Å². The molecule has 6 heteroatoms. The van der Waals surface area contributed by atoms with Gasteiger partial charge in [0.25, 0.3) is 0 Å². The topological polar surface area (TPSA) is 68.8 Å². The van der Waals surface area contributed by atoms with Crippen molar-refractivity contribution >= 4 is 6.03 Å². The first kappa shape index (κ1) is 17.0. The summed E-state index contributed by atoms with van der Waals surface area (Å²) in [6.45, 7) is 4.86. The van der Waals surface area contributed by atoms with Crippen LogP contribution in [0.4, 0.5) is 4.79 Å². The lowest BCUT2D eigenvalue weighted by atomic mass is 10.1. The maximum Gasteiger partial charge on any atom is 0.317 e. The van der Waals surface area contributed by atoms with Crippen LogP contribution in [0.2, 0.25) is 0 Å². The lowest BCUT2D eigenvalue weighted by molar-refractivity contribution is 0.0915. The van der Waals surface area contributed by atoms with E-state index in [0.717, 1.165) is 22.6 Å². The average Bonchev–Trinajstić information content (AvgIpc) is 2.63. The first-order valence-corrected chi connectivity index (χ1v) is 8.22. The van der Waals surface area contributed by atoms with E-state index in [9.17, 15) is 4.79 Å². The number of aryl methyl sites for hydroxylation is 1. The van der Waals surface area contributed by atoms with Crippen LogP contribution < -0.4 is 24.8 Å². The number of amides is 2. The largest absolute Gasteiger partial charge is 0.486 e. The van der Waals surface area contributed by atoms with Gasteiger partial charge in [0.15, 0.2) is 24.3 Å². The molecule has 1 heterocycles. The number of para-hydroxylation sites is 2. The Morgan fingerprint density at radius 1 is 1.12 bits per heavy atom. The molecular formula is C19H22N2O4. The van der Waals surface area contributed by atoms with E-state index in [-0.39, 0.29) is 18.9 Å². The van der Waals surface area contributed by atoms with Crippen LogP contribution in [0.5, 0.6) is 17.2 Å². The van der Waals surface area contributed by atoms with Crippen LogP contribution in [-0.4, -0.2) is 32.0 Å². The molecule has 0 aromatic heterocycles. The minimum Gasteiger partial charge on any atom is -0.486 e. The van der Waals surface area contributed by atoms with Crippen LogP contribution in [0.15, 0.2) is 42.5 Å². The molecule has 1 unspecified atom stereocenters. The Hall–Kier alpha value is -2.89. The standard InChI is InChI=1S/C19H22N2O4/c1-13-6-5-9-16(14(13)2)24-12-21-19(22)20-10-15-11-23-17-7-3-4-8-18(17)25-15/h3-9,15H,10-12H2,1-2H3,(H2,20,21,22). The molecule has 2 aromatic carbocycles. The maximum absolute atomic E-state index is 11.9. The maximum atomic E-state index is 11.9. The SMILES string of the molecule is Cc1cccc(OCNC(=O)NCC2COc3ccccc3O2)c1C. The Bertz CT molecular complexity index is 748. The second-order valence-corrected chi connectivity index (χ2v) is 5.87. The van der Waals surface area contributed by atoms with E-state index in [1.807, 2.05) is 56.3 Å². The number of nitrogens with one attached hydrogen (secondary N) is 2. The second-order valence-electron chi connectivity index (χ2n) is 5.87. The quantitative estimate of drug-likeness (QED) is 0.820. The summed E-state index contributed by atoms with van der Waals surface area (Å²) in [4.78, 5) is 11.9. The fourth-order valence-corrected chi connectivity index (χ4v) is 2.49. The molecule has 25 heavy (non-hydrogen) atoms. The number of carbonyl (C=O) groups excluding carboxylic acids is 1. The van der Waals surface area contributed by atoms with Gasteiger partial charge in [0.05, 0.1) is 6.54 Å². The van der Waals surface area contributed by atoms with Crippen molar-refractivity contribution in [2.24, 2.45) is 0 Å². The first-order chi connectivity index (χ1) is 12.1. The van der Waals surface area contributed by atoms with Gasteiger partial charge in [-0.15, -0.1) is 0 Å². The van der Waals surface area contributed by atoms with Crippen molar-refractivity contribution in [1.29, 1.82) is 0 Å². The minimum absolute atomic E-state index is 0.0982. The van der Waals surface area contributed by atoms with Crippen molar-refractivity contribution in [2.75, 3.05) is 19.9 Å². The molecule has 1 aliphatic rings. The molecular weight excluding hydrogens is 320 g/mol. The lowest BCUT2D eigenvalue weighted by Crippen LogP contribution is -2.45. The molecule has 0 spiro atoms. The molecule has 0 fully saturated rings. The zero-order chi connectivity index (χ0) is 17.6. The highest BCUT2D eigenvalue weighted by molar-refractivity contribution is 5.73. The van der Waals surface area contributed by atoms with Crippen LogP contribution in [-0.2, 0) is 0 Å². The molecule has 132 valence electrons. The van der Waals surface area contributed by atoms with Gasteiger partial charge in [-0.3, -0.25) is 0 Å². The van der Waals surface area contributed by atoms with Gasteiger partial charge < -0.3 is 24.8 Å². The number of benzene rings is 2. The van der Waals surface area contributed by atoms with Gasteiger partial charge in [0.2, 0.25) is 0 Å². The first-order valence-electron chi connectivity index (χ1n) is 8.22. The van der Waals surface area contributed by atoms with E-state index in [4.69, 9.17) is 14.2 Å². The van der Waals surface area contributed by atoms with Crippen LogP contribution in [0.25, 0.3) is 0 Å². The lowest BCUT2D eigenvalue weighted by Gasteiger charge is -2.26. The molecule has 0 saturated carbocycles. The van der Waals surface area contributed by atoms with Crippen LogP contribution >= 0.6 is 0 Å². The zero-order valence-corrected chi connectivity index (χ0v) is 14.4. The third kappa shape index (κ3) is 4.35. The van der Waals surface area contributed by atoms with E-state index < -0.39 is 0 Å². The molecule has 0 bridgehead atoms. The summed E-state index contributed by atoms with van der Waals surface area (Å²) in [6, 6.07) is 13.0. The van der Waals surface area contributed by atoms with Crippen molar-refractivity contribution < 1.29 is 19.0 Å². The predicted octanol–water partition coefficient (Wildman–Crippen LogP) is 2.78. The fraction of sp³-hybridized carbons (Fsp3) is 0.316. The molecule has 0 saturated heterocycles. The summed E-state index contributed by atoms with van der Waals surface area (Å²) in [7, 11) is 0. The molecule has 0 radical (unpaired) electrons. The molecule has 3 rings (SSSR count). The number of urea groups is 1. The molecule has 2 N–H and O–H groups in total. The summed E-state index contributed by atoms with van der Waals surface area (Å²) in [6.07, 6.45) is -0.222. The van der Waals surface area contributed by atoms with Gasteiger partial charge in [-0.25, -0.2) is 4.79 Å². The van der Waals surface area contributed by atoms with E-state index >= 15 is 0 Å². The third-order valence-corrected chi connectivity index (χ3v) is 4.07. The Morgan fingerprint density at radius 2 is 1.92 bits per heavy atom. The Balaban J connectivity index is 1.39. The van der Waals surface area contributed by atoms with Gasteiger partial charge in [-0.1, -0.05) is 24.3 Å². The average molecular weight is 342 g/mol. The van der Waals surface area contributed by atoms with E-state index in [1.54, 1.807) is 0 Å². The number of carbonyl (C=O) groups is 1. The van der Waals surface area contributed by atoms with Crippen molar-refractivity contribution in [1.82, 2.24) is 10.6 Å². The van der Waals surface area contributed by atoms with Gasteiger partial charge in [0.1, 0.15) is 12.4 Å². The Kier molecular flexibility index (Phi) is 5.28. The molecule has 2 aromatic rings. The summed E-state index contributed by atoms with van der Waals surface area (Å²) in [5.74, 6) is 2.19. The number of hydrogen-bond acceptors (Lipinski definition) is 4. The fourth-order valence-electron chi connectivity index (χ4n) is 2.49. The molecule has 6 nitrogen and oxygen atoms in total. The van der Waals surface area contributed by atoms with Crippen molar-refractivity contribution in [3.63, 3.8) is 0 Å². The van der Waals surface area contributed by atoms with Gasteiger partial charge in [-0.2, -0.15) is 0 Å². The second kappa shape index (κ2) is 7.79.